The third-order valence-corrected chi connectivity index (χ3v) is 4.86. The molecule has 2 rings (SSSR count). The molecular weight excluding hydrogens is 320 g/mol. The van der Waals surface area contributed by atoms with Gasteiger partial charge in [0.2, 0.25) is 0 Å². The largest absolute Gasteiger partial charge is 0.468 e. The molecule has 1 fully saturated rings. The molecule has 1 aliphatic carbocycles. The molecule has 6 heteroatoms. The number of carbonyl (C=O) groups excluding carboxylic acids is 3. The van der Waals surface area contributed by atoms with Crippen molar-refractivity contribution in [3.63, 3.8) is 0 Å². The van der Waals surface area contributed by atoms with Gasteiger partial charge in [0, 0.05) is 23.8 Å². The number of halogens is 1. The van der Waals surface area contributed by atoms with Crippen LogP contribution in [0.25, 0.3) is 0 Å². The summed E-state index contributed by atoms with van der Waals surface area (Å²) in [5.41, 5.74) is -0.851. The van der Waals surface area contributed by atoms with E-state index in [0.717, 1.165) is 0 Å². The summed E-state index contributed by atoms with van der Waals surface area (Å²) in [5, 5.41) is 0.533. The number of hydrogen-bond donors (Lipinski definition) is 0. The number of methoxy groups -OCH3 is 2. The van der Waals surface area contributed by atoms with Gasteiger partial charge in [-0.1, -0.05) is 30.7 Å². The number of rotatable bonds is 3. The minimum Gasteiger partial charge on any atom is -0.468 e. The first-order valence-electron chi connectivity index (χ1n) is 7.31. The van der Waals surface area contributed by atoms with Gasteiger partial charge in [-0.3, -0.25) is 14.4 Å². The maximum atomic E-state index is 12.6. The molecule has 23 heavy (non-hydrogen) atoms. The first kappa shape index (κ1) is 17.5. The summed E-state index contributed by atoms with van der Waals surface area (Å²) >= 11 is 5.91. The van der Waals surface area contributed by atoms with Crippen LogP contribution in [0.5, 0.6) is 0 Å². The molecule has 1 aromatic rings. The Labute approximate surface area is 139 Å². The average molecular weight is 339 g/mol. The molecule has 0 amide bonds. The van der Waals surface area contributed by atoms with Gasteiger partial charge in [0.1, 0.15) is 5.78 Å². The van der Waals surface area contributed by atoms with E-state index in [1.165, 1.54) is 14.2 Å². The Morgan fingerprint density at radius 1 is 1.09 bits per heavy atom. The van der Waals surface area contributed by atoms with Crippen LogP contribution in [-0.4, -0.2) is 31.9 Å². The molecule has 0 saturated heterocycles. The zero-order valence-electron chi connectivity index (χ0n) is 13.3. The molecule has 2 atom stereocenters. The van der Waals surface area contributed by atoms with Gasteiger partial charge in [-0.15, -0.1) is 0 Å². The van der Waals surface area contributed by atoms with Gasteiger partial charge in [0.25, 0.3) is 0 Å². The lowest BCUT2D eigenvalue weighted by Crippen LogP contribution is -2.54. The molecule has 0 radical (unpaired) electrons. The summed E-state index contributed by atoms with van der Waals surface area (Å²) in [4.78, 5) is 37.3. The Bertz CT molecular complexity index is 606. The van der Waals surface area contributed by atoms with E-state index in [2.05, 4.69) is 0 Å². The minimum absolute atomic E-state index is 0.000816. The molecular formula is C17H19ClO5. The quantitative estimate of drug-likeness (QED) is 0.626. The van der Waals surface area contributed by atoms with Crippen LogP contribution < -0.4 is 0 Å². The molecule has 0 N–H and O–H groups in total. The van der Waals surface area contributed by atoms with Crippen molar-refractivity contribution < 1.29 is 23.9 Å². The van der Waals surface area contributed by atoms with Crippen molar-refractivity contribution in [2.75, 3.05) is 14.2 Å². The van der Waals surface area contributed by atoms with Crippen molar-refractivity contribution in [2.24, 2.45) is 11.3 Å². The first-order chi connectivity index (χ1) is 10.9. The summed E-state index contributed by atoms with van der Waals surface area (Å²) < 4.78 is 9.84. The Balaban J connectivity index is 2.64. The summed E-state index contributed by atoms with van der Waals surface area (Å²) in [6.45, 7) is 1.70. The van der Waals surface area contributed by atoms with Crippen LogP contribution in [0.2, 0.25) is 5.02 Å². The van der Waals surface area contributed by atoms with Crippen molar-refractivity contribution in [1.82, 2.24) is 0 Å². The normalized spacial score (nSPS) is 23.2. The van der Waals surface area contributed by atoms with Gasteiger partial charge in [-0.2, -0.15) is 0 Å². The summed E-state index contributed by atoms with van der Waals surface area (Å²) in [7, 11) is 2.46. The second-order valence-electron chi connectivity index (χ2n) is 5.80. The standard InChI is InChI=1S/C17H19ClO5/c1-10-8-13(19)9-14(11-4-6-12(18)7-5-11)17(10,15(20)22-2)16(21)23-3/h4-7,10,14H,8-9H2,1-3H3/t10-,14+/m0/s1. The highest BCUT2D eigenvalue weighted by Crippen LogP contribution is 2.51. The third-order valence-electron chi connectivity index (χ3n) is 4.61. The maximum absolute atomic E-state index is 12.6. The summed E-state index contributed by atoms with van der Waals surface area (Å²) in [5.74, 6) is -2.52. The van der Waals surface area contributed by atoms with Crippen LogP contribution in [0, 0.1) is 11.3 Å². The molecule has 0 heterocycles. The van der Waals surface area contributed by atoms with Gasteiger partial charge in [0.15, 0.2) is 5.41 Å². The molecule has 1 saturated carbocycles. The molecule has 0 spiro atoms. The van der Waals surface area contributed by atoms with E-state index in [4.69, 9.17) is 21.1 Å². The number of ketones is 1. The topological polar surface area (TPSA) is 69.7 Å². The number of benzene rings is 1. The fourth-order valence-electron chi connectivity index (χ4n) is 3.50. The fourth-order valence-corrected chi connectivity index (χ4v) is 3.63. The Kier molecular flexibility index (Phi) is 5.09. The molecule has 1 aromatic carbocycles. The second kappa shape index (κ2) is 6.71. The lowest BCUT2D eigenvalue weighted by atomic mass is 9.58. The van der Waals surface area contributed by atoms with E-state index in [9.17, 15) is 14.4 Å². The maximum Gasteiger partial charge on any atom is 0.324 e. The van der Waals surface area contributed by atoms with E-state index < -0.39 is 29.2 Å². The van der Waals surface area contributed by atoms with E-state index in [0.29, 0.717) is 10.6 Å². The van der Waals surface area contributed by atoms with Crippen molar-refractivity contribution in [3.05, 3.63) is 34.9 Å². The highest BCUT2D eigenvalue weighted by molar-refractivity contribution is 6.30. The molecule has 0 unspecified atom stereocenters. The van der Waals surface area contributed by atoms with Gasteiger partial charge in [0.05, 0.1) is 14.2 Å². The number of hydrogen-bond acceptors (Lipinski definition) is 5. The van der Waals surface area contributed by atoms with Crippen LogP contribution in [0.3, 0.4) is 0 Å². The van der Waals surface area contributed by atoms with Crippen LogP contribution in [-0.2, 0) is 23.9 Å². The lowest BCUT2D eigenvalue weighted by Gasteiger charge is -2.43. The van der Waals surface area contributed by atoms with Crippen molar-refractivity contribution in [1.29, 1.82) is 0 Å². The molecule has 0 aliphatic heterocycles. The van der Waals surface area contributed by atoms with E-state index >= 15 is 0 Å². The number of esters is 2. The second-order valence-corrected chi connectivity index (χ2v) is 6.24. The van der Waals surface area contributed by atoms with E-state index in [-0.39, 0.29) is 18.6 Å². The van der Waals surface area contributed by atoms with Crippen LogP contribution in [0.4, 0.5) is 0 Å². The SMILES string of the molecule is COC(=O)C1(C(=O)OC)[C@@H](c2ccc(Cl)cc2)CC(=O)C[C@@H]1C. The molecule has 0 aromatic heterocycles. The average Bonchev–Trinajstić information content (AvgIpc) is 2.54. The van der Waals surface area contributed by atoms with Crippen LogP contribution in [0.1, 0.15) is 31.2 Å². The Morgan fingerprint density at radius 2 is 1.61 bits per heavy atom. The first-order valence-corrected chi connectivity index (χ1v) is 7.69. The van der Waals surface area contributed by atoms with Crippen LogP contribution >= 0.6 is 11.6 Å². The summed E-state index contributed by atoms with van der Waals surface area (Å²) in [6, 6.07) is 6.78. The zero-order chi connectivity index (χ0) is 17.2. The molecule has 1 aliphatic rings. The number of carbonyl (C=O) groups is 3. The smallest absolute Gasteiger partial charge is 0.324 e. The molecule has 0 bridgehead atoms. The number of Topliss-reactive ketones (excluding diaryl/α,β-unsaturated/α-hetero) is 1. The molecule has 124 valence electrons. The summed E-state index contributed by atoms with van der Waals surface area (Å²) in [6.07, 6.45) is 0.213. The van der Waals surface area contributed by atoms with Gasteiger partial charge in [-0.25, -0.2) is 0 Å². The highest BCUT2D eigenvalue weighted by Gasteiger charge is 2.61. The third kappa shape index (κ3) is 2.85. The van der Waals surface area contributed by atoms with Crippen molar-refractivity contribution in [2.45, 2.75) is 25.7 Å². The van der Waals surface area contributed by atoms with Gasteiger partial charge < -0.3 is 9.47 Å². The Hall–Kier alpha value is -1.88. The monoisotopic (exact) mass is 338 g/mol. The van der Waals surface area contributed by atoms with Crippen LogP contribution in [0.15, 0.2) is 24.3 Å². The highest BCUT2D eigenvalue weighted by atomic mass is 35.5. The predicted octanol–water partition coefficient (Wildman–Crippen LogP) is 2.76. The predicted molar refractivity (Wildman–Crippen MR) is 84.1 cm³/mol. The van der Waals surface area contributed by atoms with Gasteiger partial charge >= 0.3 is 11.9 Å². The number of ether oxygens (including phenoxy) is 2. The lowest BCUT2D eigenvalue weighted by molar-refractivity contribution is -0.178. The van der Waals surface area contributed by atoms with E-state index in [1.54, 1.807) is 31.2 Å². The molecule has 5 nitrogen and oxygen atoms in total. The van der Waals surface area contributed by atoms with Crippen molar-refractivity contribution >= 4 is 29.3 Å². The van der Waals surface area contributed by atoms with Crippen molar-refractivity contribution in [3.8, 4) is 0 Å². The van der Waals surface area contributed by atoms with E-state index in [1.807, 2.05) is 0 Å². The zero-order valence-corrected chi connectivity index (χ0v) is 14.1. The Morgan fingerprint density at radius 3 is 2.09 bits per heavy atom. The van der Waals surface area contributed by atoms with Gasteiger partial charge in [-0.05, 0) is 23.6 Å². The fraction of sp³-hybridized carbons (Fsp3) is 0.471. The minimum atomic E-state index is -1.54.